The van der Waals surface area contributed by atoms with Gasteiger partial charge in [-0.3, -0.25) is 4.79 Å². The molecular formula is C23H27NO4S. The molecule has 1 amide bonds. The van der Waals surface area contributed by atoms with E-state index < -0.39 is 0 Å². The zero-order valence-electron chi connectivity index (χ0n) is 17.3. The Kier molecular flexibility index (Phi) is 7.09. The Bertz CT molecular complexity index is 857. The van der Waals surface area contributed by atoms with Crippen molar-refractivity contribution in [1.82, 2.24) is 4.90 Å². The zero-order chi connectivity index (χ0) is 20.8. The van der Waals surface area contributed by atoms with Crippen LogP contribution in [0, 0.1) is 0 Å². The summed E-state index contributed by atoms with van der Waals surface area (Å²) in [6.45, 7) is 3.21. The molecule has 1 atom stereocenters. The molecule has 0 saturated carbocycles. The fraction of sp³-hybridized carbons (Fsp3) is 0.348. The smallest absolute Gasteiger partial charge is 0.236 e. The standard InChI is InChI=1S/C23H27NO4S/c1-16(29-19-8-6-5-7-9-19)23(25)24-12-10-17(11-13-24)22-20(27-3)14-18(26-2)15-21(22)28-4/h5-10,14-16H,11-13H2,1-4H3. The lowest BCUT2D eigenvalue weighted by atomic mass is 9.97. The minimum absolute atomic E-state index is 0.127. The first kappa shape index (κ1) is 21.1. The summed E-state index contributed by atoms with van der Waals surface area (Å²) in [6.07, 6.45) is 2.83. The number of methoxy groups -OCH3 is 3. The van der Waals surface area contributed by atoms with E-state index in [1.807, 2.05) is 54.3 Å². The third-order valence-electron chi connectivity index (χ3n) is 4.96. The minimum Gasteiger partial charge on any atom is -0.496 e. The van der Waals surface area contributed by atoms with Crippen molar-refractivity contribution in [2.45, 2.75) is 23.5 Å². The van der Waals surface area contributed by atoms with Crippen LogP contribution in [0.5, 0.6) is 17.2 Å². The van der Waals surface area contributed by atoms with Gasteiger partial charge >= 0.3 is 0 Å². The van der Waals surface area contributed by atoms with Crippen molar-refractivity contribution < 1.29 is 19.0 Å². The largest absolute Gasteiger partial charge is 0.496 e. The maximum absolute atomic E-state index is 12.9. The first-order chi connectivity index (χ1) is 14.1. The number of hydrogen-bond acceptors (Lipinski definition) is 5. The summed E-state index contributed by atoms with van der Waals surface area (Å²) in [5.74, 6) is 2.26. The van der Waals surface area contributed by atoms with E-state index in [9.17, 15) is 4.79 Å². The molecule has 6 heteroatoms. The third kappa shape index (κ3) is 4.88. The molecule has 2 aromatic rings. The van der Waals surface area contributed by atoms with Crippen LogP contribution in [0.15, 0.2) is 53.4 Å². The van der Waals surface area contributed by atoms with Crippen LogP contribution in [0.3, 0.4) is 0 Å². The van der Waals surface area contributed by atoms with Gasteiger partial charge in [0.15, 0.2) is 0 Å². The Morgan fingerprint density at radius 2 is 1.69 bits per heavy atom. The third-order valence-corrected chi connectivity index (χ3v) is 6.06. The summed E-state index contributed by atoms with van der Waals surface area (Å²) in [5.41, 5.74) is 2.04. The normalized spacial score (nSPS) is 14.8. The monoisotopic (exact) mass is 413 g/mol. The number of benzene rings is 2. The molecule has 0 aromatic heterocycles. The second kappa shape index (κ2) is 9.74. The molecule has 0 N–H and O–H groups in total. The van der Waals surface area contributed by atoms with Crippen molar-refractivity contribution in [3.63, 3.8) is 0 Å². The van der Waals surface area contributed by atoms with Gasteiger partial charge in [0.2, 0.25) is 5.91 Å². The lowest BCUT2D eigenvalue weighted by molar-refractivity contribution is -0.129. The number of carbonyl (C=O) groups is 1. The van der Waals surface area contributed by atoms with E-state index >= 15 is 0 Å². The summed E-state index contributed by atoms with van der Waals surface area (Å²) in [4.78, 5) is 15.9. The SMILES string of the molecule is COc1cc(OC)c(C2=CCN(C(=O)C(C)Sc3ccccc3)CC2)c(OC)c1. The Balaban J connectivity index is 1.74. The van der Waals surface area contributed by atoms with E-state index in [0.717, 1.165) is 22.5 Å². The summed E-state index contributed by atoms with van der Waals surface area (Å²) in [7, 11) is 4.89. The molecule has 0 bridgehead atoms. The predicted octanol–water partition coefficient (Wildman–Crippen LogP) is 4.51. The Labute approximate surface area is 176 Å². The first-order valence-corrected chi connectivity index (χ1v) is 10.4. The molecule has 0 saturated heterocycles. The second-order valence-electron chi connectivity index (χ2n) is 6.74. The fourth-order valence-corrected chi connectivity index (χ4v) is 4.40. The number of amides is 1. The molecule has 1 aliphatic rings. The Morgan fingerprint density at radius 3 is 2.21 bits per heavy atom. The van der Waals surface area contributed by atoms with Crippen LogP contribution in [0.4, 0.5) is 0 Å². The molecule has 5 nitrogen and oxygen atoms in total. The van der Waals surface area contributed by atoms with E-state index in [2.05, 4.69) is 6.08 Å². The Morgan fingerprint density at radius 1 is 1.03 bits per heavy atom. The van der Waals surface area contributed by atoms with E-state index in [-0.39, 0.29) is 11.2 Å². The van der Waals surface area contributed by atoms with Gasteiger partial charge in [0.1, 0.15) is 17.2 Å². The number of hydrogen-bond donors (Lipinski definition) is 0. The van der Waals surface area contributed by atoms with Crippen molar-refractivity contribution in [3.05, 3.63) is 54.1 Å². The van der Waals surface area contributed by atoms with E-state index in [4.69, 9.17) is 14.2 Å². The number of carbonyl (C=O) groups excluding carboxylic acids is 1. The fourth-order valence-electron chi connectivity index (χ4n) is 3.43. The second-order valence-corrected chi connectivity index (χ2v) is 8.16. The van der Waals surface area contributed by atoms with Crippen LogP contribution >= 0.6 is 11.8 Å². The van der Waals surface area contributed by atoms with Crippen molar-refractivity contribution in [2.24, 2.45) is 0 Å². The maximum atomic E-state index is 12.9. The van der Waals surface area contributed by atoms with Gasteiger partial charge in [-0.1, -0.05) is 24.3 Å². The van der Waals surface area contributed by atoms with Gasteiger partial charge in [-0.15, -0.1) is 11.8 Å². The van der Waals surface area contributed by atoms with Gasteiger partial charge in [-0.2, -0.15) is 0 Å². The topological polar surface area (TPSA) is 48.0 Å². The molecular weight excluding hydrogens is 386 g/mol. The molecule has 29 heavy (non-hydrogen) atoms. The van der Waals surface area contributed by atoms with Gasteiger partial charge in [0.25, 0.3) is 0 Å². The average molecular weight is 414 g/mol. The molecule has 1 heterocycles. The van der Waals surface area contributed by atoms with Gasteiger partial charge in [-0.05, 0) is 31.1 Å². The van der Waals surface area contributed by atoms with Crippen LogP contribution < -0.4 is 14.2 Å². The van der Waals surface area contributed by atoms with Crippen LogP contribution in [0.1, 0.15) is 18.9 Å². The van der Waals surface area contributed by atoms with Crippen molar-refractivity contribution >= 4 is 23.2 Å². The van der Waals surface area contributed by atoms with Crippen molar-refractivity contribution in [3.8, 4) is 17.2 Å². The first-order valence-electron chi connectivity index (χ1n) is 9.57. The van der Waals surface area contributed by atoms with Crippen molar-refractivity contribution in [1.29, 1.82) is 0 Å². The molecule has 0 radical (unpaired) electrons. The number of rotatable bonds is 7. The average Bonchev–Trinajstić information content (AvgIpc) is 2.78. The highest BCUT2D eigenvalue weighted by molar-refractivity contribution is 8.00. The van der Waals surface area contributed by atoms with Gasteiger partial charge in [0.05, 0.1) is 32.1 Å². The highest BCUT2D eigenvalue weighted by Crippen LogP contribution is 2.41. The predicted molar refractivity (Wildman–Crippen MR) is 117 cm³/mol. The maximum Gasteiger partial charge on any atom is 0.236 e. The highest BCUT2D eigenvalue weighted by Gasteiger charge is 2.26. The molecule has 3 rings (SSSR count). The number of nitrogens with zero attached hydrogens (tertiary/aromatic N) is 1. The van der Waals surface area contributed by atoms with Crippen LogP contribution in [-0.2, 0) is 4.79 Å². The molecule has 0 spiro atoms. The summed E-state index contributed by atoms with van der Waals surface area (Å²) < 4.78 is 16.5. The van der Waals surface area contributed by atoms with Gasteiger partial charge < -0.3 is 19.1 Å². The van der Waals surface area contributed by atoms with Crippen molar-refractivity contribution in [2.75, 3.05) is 34.4 Å². The summed E-state index contributed by atoms with van der Waals surface area (Å²) in [5, 5.41) is -0.127. The quantitative estimate of drug-likeness (QED) is 0.625. The lowest BCUT2D eigenvalue weighted by Gasteiger charge is -2.29. The Hall–Kier alpha value is -2.60. The van der Waals surface area contributed by atoms with E-state index in [1.165, 1.54) is 0 Å². The molecule has 154 valence electrons. The van der Waals surface area contributed by atoms with Crippen LogP contribution in [0.25, 0.3) is 5.57 Å². The van der Waals surface area contributed by atoms with Crippen LogP contribution in [-0.4, -0.2) is 50.5 Å². The number of ether oxygens (including phenoxy) is 3. The summed E-state index contributed by atoms with van der Waals surface area (Å²) in [6, 6.07) is 13.7. The van der Waals surface area contributed by atoms with Crippen LogP contribution in [0.2, 0.25) is 0 Å². The molecule has 2 aromatic carbocycles. The highest BCUT2D eigenvalue weighted by atomic mass is 32.2. The van der Waals surface area contributed by atoms with E-state index in [0.29, 0.717) is 30.3 Å². The summed E-state index contributed by atoms with van der Waals surface area (Å²) >= 11 is 1.59. The zero-order valence-corrected chi connectivity index (χ0v) is 18.1. The van der Waals surface area contributed by atoms with E-state index in [1.54, 1.807) is 33.1 Å². The van der Waals surface area contributed by atoms with Gasteiger partial charge in [0, 0.05) is 30.1 Å². The molecule has 1 unspecified atom stereocenters. The van der Waals surface area contributed by atoms with Gasteiger partial charge in [-0.25, -0.2) is 0 Å². The lowest BCUT2D eigenvalue weighted by Crippen LogP contribution is -2.39. The molecule has 0 aliphatic carbocycles. The minimum atomic E-state index is -0.127. The number of thioether (sulfide) groups is 1. The molecule has 0 fully saturated rings. The molecule has 1 aliphatic heterocycles.